The lowest BCUT2D eigenvalue weighted by Gasteiger charge is -2.35. The summed E-state index contributed by atoms with van der Waals surface area (Å²) in [5.41, 5.74) is 0.743. The van der Waals surface area contributed by atoms with Gasteiger partial charge >= 0.3 is 0 Å². The van der Waals surface area contributed by atoms with Crippen LogP contribution in [0.3, 0.4) is 0 Å². The highest BCUT2D eigenvalue weighted by Gasteiger charge is 2.17. The van der Waals surface area contributed by atoms with E-state index in [0.29, 0.717) is 0 Å². The van der Waals surface area contributed by atoms with Gasteiger partial charge in [-0.15, -0.1) is 0 Å². The number of carbonyl (C=O) groups excluding carboxylic acids is 1. The highest BCUT2D eigenvalue weighted by molar-refractivity contribution is 5.94. The second-order valence-electron chi connectivity index (χ2n) is 7.95. The molecule has 2 fully saturated rings. The lowest BCUT2D eigenvalue weighted by Crippen LogP contribution is -2.49. The predicted octanol–water partition coefficient (Wildman–Crippen LogP) is 2.35. The van der Waals surface area contributed by atoms with Crippen molar-refractivity contribution in [1.82, 2.24) is 20.4 Å². The zero-order valence-electron chi connectivity index (χ0n) is 16.7. The van der Waals surface area contributed by atoms with Gasteiger partial charge in [0, 0.05) is 57.4 Å². The van der Waals surface area contributed by atoms with E-state index >= 15 is 0 Å². The van der Waals surface area contributed by atoms with Crippen molar-refractivity contribution in [2.45, 2.75) is 44.6 Å². The van der Waals surface area contributed by atoms with E-state index in [1.165, 1.54) is 51.7 Å². The first kappa shape index (κ1) is 20.3. The van der Waals surface area contributed by atoms with Crippen molar-refractivity contribution in [3.05, 3.63) is 35.9 Å². The lowest BCUT2D eigenvalue weighted by molar-refractivity contribution is 0.0948. The van der Waals surface area contributed by atoms with Gasteiger partial charge in [0.25, 0.3) is 5.91 Å². The van der Waals surface area contributed by atoms with Crippen molar-refractivity contribution in [3.8, 4) is 0 Å². The summed E-state index contributed by atoms with van der Waals surface area (Å²) in [6, 6.07) is 10.2. The van der Waals surface area contributed by atoms with E-state index < -0.39 is 0 Å². The van der Waals surface area contributed by atoms with E-state index in [4.69, 9.17) is 0 Å². The second kappa shape index (κ2) is 11.4. The molecule has 0 radical (unpaired) electrons. The summed E-state index contributed by atoms with van der Waals surface area (Å²) in [6.07, 6.45) is 7.99. The molecule has 27 heavy (non-hydrogen) atoms. The Kier molecular flexibility index (Phi) is 8.59. The van der Waals surface area contributed by atoms with Crippen LogP contribution in [0.5, 0.6) is 0 Å². The monoisotopic (exact) mass is 372 g/mol. The van der Waals surface area contributed by atoms with Crippen molar-refractivity contribution < 1.29 is 4.79 Å². The number of amides is 1. The maximum absolute atomic E-state index is 12.0. The molecule has 0 atom stereocenters. The quantitative estimate of drug-likeness (QED) is 0.653. The van der Waals surface area contributed by atoms with Crippen molar-refractivity contribution in [2.75, 3.05) is 52.4 Å². The van der Waals surface area contributed by atoms with Crippen LogP contribution in [-0.2, 0) is 0 Å². The Morgan fingerprint density at radius 2 is 1.56 bits per heavy atom. The molecular weight excluding hydrogens is 336 g/mol. The van der Waals surface area contributed by atoms with Crippen LogP contribution in [-0.4, -0.2) is 74.1 Å². The van der Waals surface area contributed by atoms with Gasteiger partial charge in [0.15, 0.2) is 0 Å². The highest BCUT2D eigenvalue weighted by Crippen LogP contribution is 2.17. The molecule has 0 aromatic heterocycles. The molecule has 5 heteroatoms. The van der Waals surface area contributed by atoms with Gasteiger partial charge in [0.05, 0.1) is 0 Å². The molecule has 2 aliphatic rings. The maximum Gasteiger partial charge on any atom is 0.251 e. The van der Waals surface area contributed by atoms with Crippen LogP contribution in [0, 0.1) is 0 Å². The summed E-state index contributed by atoms with van der Waals surface area (Å²) >= 11 is 0. The lowest BCUT2D eigenvalue weighted by atomic mass is 9.95. The summed E-state index contributed by atoms with van der Waals surface area (Å²) in [4.78, 5) is 17.1. The minimum absolute atomic E-state index is 0.0332. The first-order valence-corrected chi connectivity index (χ1v) is 10.8. The van der Waals surface area contributed by atoms with Crippen LogP contribution in [0.1, 0.15) is 48.9 Å². The Labute approximate surface area is 164 Å². The third-order valence-corrected chi connectivity index (χ3v) is 5.90. The third-order valence-electron chi connectivity index (χ3n) is 5.90. The topological polar surface area (TPSA) is 47.6 Å². The SMILES string of the molecule is O=C(NCCCN1CCN(CCNC2CCCCC2)CC1)c1ccccc1. The van der Waals surface area contributed by atoms with Crippen molar-refractivity contribution in [1.29, 1.82) is 0 Å². The molecule has 2 N–H and O–H groups in total. The van der Waals surface area contributed by atoms with E-state index in [9.17, 15) is 4.79 Å². The molecule has 0 unspecified atom stereocenters. The first-order chi connectivity index (χ1) is 13.3. The van der Waals surface area contributed by atoms with Crippen molar-refractivity contribution >= 4 is 5.91 Å². The maximum atomic E-state index is 12.0. The summed E-state index contributed by atoms with van der Waals surface area (Å²) in [5, 5.41) is 6.77. The molecule has 3 rings (SSSR count). The van der Waals surface area contributed by atoms with E-state index in [2.05, 4.69) is 20.4 Å². The van der Waals surface area contributed by atoms with Crippen molar-refractivity contribution in [2.24, 2.45) is 0 Å². The minimum Gasteiger partial charge on any atom is -0.352 e. The summed E-state index contributed by atoms with van der Waals surface area (Å²) in [6.45, 7) is 8.77. The number of hydrogen-bond acceptors (Lipinski definition) is 4. The van der Waals surface area contributed by atoms with Gasteiger partial charge < -0.3 is 15.5 Å². The summed E-state index contributed by atoms with van der Waals surface area (Å²) < 4.78 is 0. The summed E-state index contributed by atoms with van der Waals surface area (Å²) in [7, 11) is 0. The number of benzene rings is 1. The highest BCUT2D eigenvalue weighted by atomic mass is 16.1. The van der Waals surface area contributed by atoms with Gasteiger partial charge in [0.1, 0.15) is 0 Å². The average Bonchev–Trinajstić information content (AvgIpc) is 2.73. The Morgan fingerprint density at radius 3 is 2.26 bits per heavy atom. The van der Waals surface area contributed by atoms with Crippen molar-refractivity contribution in [3.63, 3.8) is 0 Å². The predicted molar refractivity (Wildman–Crippen MR) is 111 cm³/mol. The third kappa shape index (κ3) is 7.24. The first-order valence-electron chi connectivity index (χ1n) is 10.8. The number of nitrogens with one attached hydrogen (secondary N) is 2. The fraction of sp³-hybridized carbons (Fsp3) is 0.682. The van der Waals surface area contributed by atoms with Gasteiger partial charge in [-0.1, -0.05) is 37.5 Å². The number of nitrogens with zero attached hydrogens (tertiary/aromatic N) is 2. The average molecular weight is 373 g/mol. The summed E-state index contributed by atoms with van der Waals surface area (Å²) in [5.74, 6) is 0.0332. The van der Waals surface area contributed by atoms with Gasteiger partial charge in [-0.05, 0) is 37.9 Å². The largest absolute Gasteiger partial charge is 0.352 e. The fourth-order valence-corrected chi connectivity index (χ4v) is 4.17. The molecule has 1 saturated heterocycles. The molecule has 1 amide bonds. The molecule has 1 aromatic rings. The molecule has 1 aliphatic carbocycles. The van der Waals surface area contributed by atoms with Gasteiger partial charge in [-0.2, -0.15) is 0 Å². The zero-order valence-corrected chi connectivity index (χ0v) is 16.7. The molecule has 1 heterocycles. The molecule has 1 aliphatic heterocycles. The van der Waals surface area contributed by atoms with Crippen LogP contribution in [0.2, 0.25) is 0 Å². The number of hydrogen-bond donors (Lipinski definition) is 2. The number of carbonyl (C=O) groups is 1. The minimum atomic E-state index is 0.0332. The molecular formula is C22H36N4O. The van der Waals surface area contributed by atoms with E-state index in [1.807, 2.05) is 30.3 Å². The second-order valence-corrected chi connectivity index (χ2v) is 7.95. The normalized spacial score (nSPS) is 19.9. The van der Waals surface area contributed by atoms with Crippen LogP contribution in [0.15, 0.2) is 30.3 Å². The van der Waals surface area contributed by atoms with Crippen LogP contribution in [0.4, 0.5) is 0 Å². The van der Waals surface area contributed by atoms with Crippen LogP contribution < -0.4 is 10.6 Å². The van der Waals surface area contributed by atoms with Gasteiger partial charge in [0.2, 0.25) is 0 Å². The Bertz CT molecular complexity index is 537. The molecule has 0 bridgehead atoms. The van der Waals surface area contributed by atoms with E-state index in [-0.39, 0.29) is 5.91 Å². The fourth-order valence-electron chi connectivity index (χ4n) is 4.17. The molecule has 5 nitrogen and oxygen atoms in total. The standard InChI is InChI=1S/C22H36N4O/c27-22(20-8-3-1-4-9-20)24-12-7-14-25-16-18-26(19-17-25)15-13-23-21-10-5-2-6-11-21/h1,3-4,8-9,21,23H,2,5-7,10-19H2,(H,24,27). The molecule has 150 valence electrons. The molecule has 0 spiro atoms. The van der Waals surface area contributed by atoms with Gasteiger partial charge in [-0.3, -0.25) is 9.69 Å². The molecule has 1 aromatic carbocycles. The van der Waals surface area contributed by atoms with Crippen LogP contribution >= 0.6 is 0 Å². The zero-order chi connectivity index (χ0) is 18.7. The number of rotatable bonds is 9. The van der Waals surface area contributed by atoms with Gasteiger partial charge in [-0.25, -0.2) is 0 Å². The Balaban J connectivity index is 1.21. The Morgan fingerprint density at radius 1 is 0.889 bits per heavy atom. The smallest absolute Gasteiger partial charge is 0.251 e. The number of piperazine rings is 1. The van der Waals surface area contributed by atoms with Crippen LogP contribution in [0.25, 0.3) is 0 Å². The van der Waals surface area contributed by atoms with E-state index in [0.717, 1.165) is 50.7 Å². The molecule has 1 saturated carbocycles. The van der Waals surface area contributed by atoms with E-state index in [1.54, 1.807) is 0 Å². The Hall–Kier alpha value is -1.43.